The van der Waals surface area contributed by atoms with Gasteiger partial charge in [0, 0.05) is 22.9 Å². The third-order valence-electron chi connectivity index (χ3n) is 6.67. The molecular formula is C29H41NSi. The summed E-state index contributed by atoms with van der Waals surface area (Å²) in [7, 11) is -1.81. The third-order valence-corrected chi connectivity index (χ3v) is 13.0. The van der Waals surface area contributed by atoms with Gasteiger partial charge in [0.15, 0.2) is 0 Å². The molecule has 2 rings (SSSR count). The molecule has 1 aromatic carbocycles. The maximum absolute atomic E-state index is 4.71. The number of hydrogen-bond acceptors (Lipinski definition) is 1. The van der Waals surface area contributed by atoms with Gasteiger partial charge in [-0.05, 0) is 60.2 Å². The molecule has 0 spiro atoms. The van der Waals surface area contributed by atoms with Crippen molar-refractivity contribution < 1.29 is 0 Å². The third kappa shape index (κ3) is 5.21. The standard InChI is InChI=1S/C29H41NSi/c1-20(2)26-15-13-14-25(17-19-31(22(5)6,23(7)8)24(9)10)29(26)28(21(3)4)27-16-11-12-18-30-27/h11-16,18,20,22-24H,1-10H3. The van der Waals surface area contributed by atoms with Crippen LogP contribution in [0.25, 0.3) is 5.57 Å². The van der Waals surface area contributed by atoms with Crippen LogP contribution in [0.3, 0.4) is 0 Å². The minimum Gasteiger partial charge on any atom is -0.256 e. The number of hydrogen-bond donors (Lipinski definition) is 0. The molecule has 0 saturated heterocycles. The number of nitrogens with zero attached hydrogens (tertiary/aromatic N) is 1. The van der Waals surface area contributed by atoms with E-state index in [1.807, 2.05) is 12.3 Å². The summed E-state index contributed by atoms with van der Waals surface area (Å²) in [6.07, 6.45) is 1.88. The van der Waals surface area contributed by atoms with E-state index in [1.54, 1.807) is 0 Å². The molecule has 1 aromatic heterocycles. The molecule has 0 atom stereocenters. The maximum Gasteiger partial charge on any atom is 0.146 e. The molecule has 0 aliphatic rings. The number of aromatic nitrogens is 1. The summed E-state index contributed by atoms with van der Waals surface area (Å²) in [5.74, 6) is 4.16. The van der Waals surface area contributed by atoms with Crippen LogP contribution in [0, 0.1) is 11.5 Å². The quantitative estimate of drug-likeness (QED) is 0.329. The minimum atomic E-state index is -1.81. The smallest absolute Gasteiger partial charge is 0.146 e. The van der Waals surface area contributed by atoms with Gasteiger partial charge in [0.05, 0.1) is 5.69 Å². The Morgan fingerprint density at radius 1 is 0.806 bits per heavy atom. The van der Waals surface area contributed by atoms with Crippen LogP contribution in [0.1, 0.15) is 97.5 Å². The minimum absolute atomic E-state index is 0.414. The van der Waals surface area contributed by atoms with Crippen molar-refractivity contribution in [1.29, 1.82) is 0 Å². The fourth-order valence-electron chi connectivity index (χ4n) is 5.19. The Bertz CT molecular complexity index is 943. The number of rotatable bonds is 6. The van der Waals surface area contributed by atoms with E-state index in [-0.39, 0.29) is 0 Å². The van der Waals surface area contributed by atoms with E-state index in [1.165, 1.54) is 22.3 Å². The maximum atomic E-state index is 4.71. The molecule has 0 amide bonds. The van der Waals surface area contributed by atoms with Crippen molar-refractivity contribution in [3.8, 4) is 11.5 Å². The lowest BCUT2D eigenvalue weighted by Crippen LogP contribution is -2.43. The molecule has 2 heteroatoms. The van der Waals surface area contributed by atoms with Crippen LogP contribution >= 0.6 is 0 Å². The van der Waals surface area contributed by atoms with E-state index in [0.717, 1.165) is 11.3 Å². The second-order valence-electron chi connectivity index (χ2n) is 10.2. The highest BCUT2D eigenvalue weighted by Crippen LogP contribution is 2.41. The van der Waals surface area contributed by atoms with E-state index in [2.05, 4.69) is 111 Å². The van der Waals surface area contributed by atoms with Crippen LogP contribution in [0.4, 0.5) is 0 Å². The highest BCUT2D eigenvalue weighted by atomic mass is 28.3. The first-order valence-corrected chi connectivity index (χ1v) is 14.0. The van der Waals surface area contributed by atoms with Crippen LogP contribution in [-0.2, 0) is 0 Å². The summed E-state index contributed by atoms with van der Waals surface area (Å²) in [5, 5.41) is 0. The van der Waals surface area contributed by atoms with Gasteiger partial charge >= 0.3 is 0 Å². The van der Waals surface area contributed by atoms with Crippen molar-refractivity contribution in [3.63, 3.8) is 0 Å². The lowest BCUT2D eigenvalue weighted by atomic mass is 9.85. The highest BCUT2D eigenvalue weighted by molar-refractivity contribution is 6.90. The zero-order chi connectivity index (χ0) is 23.3. The molecule has 0 radical (unpaired) electrons. The Kier molecular flexibility index (Phi) is 8.49. The van der Waals surface area contributed by atoms with Crippen LogP contribution in [0.15, 0.2) is 48.2 Å². The zero-order valence-electron chi connectivity index (χ0n) is 21.3. The summed E-state index contributed by atoms with van der Waals surface area (Å²) >= 11 is 0. The molecule has 2 aromatic rings. The second kappa shape index (κ2) is 10.5. The number of allylic oxidation sites excluding steroid dienone is 1. The van der Waals surface area contributed by atoms with Crippen LogP contribution in [-0.4, -0.2) is 13.1 Å². The molecule has 0 aliphatic carbocycles. The van der Waals surface area contributed by atoms with Gasteiger partial charge in [0.25, 0.3) is 0 Å². The van der Waals surface area contributed by atoms with Crippen molar-refractivity contribution in [2.75, 3.05) is 0 Å². The van der Waals surface area contributed by atoms with Gasteiger partial charge in [-0.15, -0.1) is 5.54 Å². The Morgan fingerprint density at radius 2 is 1.42 bits per heavy atom. The largest absolute Gasteiger partial charge is 0.256 e. The van der Waals surface area contributed by atoms with E-state index in [9.17, 15) is 0 Å². The Morgan fingerprint density at radius 3 is 1.87 bits per heavy atom. The average Bonchev–Trinajstić information content (AvgIpc) is 2.69. The molecule has 1 nitrogen and oxygen atoms in total. The average molecular weight is 432 g/mol. The molecule has 0 bridgehead atoms. The van der Waals surface area contributed by atoms with Crippen LogP contribution in [0.5, 0.6) is 0 Å². The van der Waals surface area contributed by atoms with Crippen molar-refractivity contribution in [3.05, 3.63) is 70.6 Å². The summed E-state index contributed by atoms with van der Waals surface area (Å²) in [5.41, 5.74) is 13.1. The van der Waals surface area contributed by atoms with Gasteiger partial charge in [-0.1, -0.05) is 85.1 Å². The predicted octanol–water partition coefficient (Wildman–Crippen LogP) is 8.62. The number of benzene rings is 1. The summed E-state index contributed by atoms with van der Waals surface area (Å²) in [6, 6.07) is 12.8. The summed E-state index contributed by atoms with van der Waals surface area (Å²) in [4.78, 5) is 4.71. The zero-order valence-corrected chi connectivity index (χ0v) is 22.3. The van der Waals surface area contributed by atoms with Crippen molar-refractivity contribution >= 4 is 13.6 Å². The fourth-order valence-corrected chi connectivity index (χ4v) is 10.4. The molecular weight excluding hydrogens is 390 g/mol. The Balaban J connectivity index is 2.86. The second-order valence-corrected chi connectivity index (χ2v) is 15.7. The molecule has 0 N–H and O–H groups in total. The van der Waals surface area contributed by atoms with Gasteiger partial charge < -0.3 is 0 Å². The fraction of sp³-hybridized carbons (Fsp3) is 0.483. The van der Waals surface area contributed by atoms with Gasteiger partial charge in [0.1, 0.15) is 8.07 Å². The van der Waals surface area contributed by atoms with Crippen molar-refractivity contribution in [1.82, 2.24) is 4.98 Å². The number of pyridine rings is 1. The first-order chi connectivity index (χ1) is 14.5. The summed E-state index contributed by atoms with van der Waals surface area (Å²) in [6.45, 7) is 23.2. The van der Waals surface area contributed by atoms with Gasteiger partial charge in [-0.2, -0.15) is 0 Å². The lowest BCUT2D eigenvalue weighted by Gasteiger charge is -2.38. The van der Waals surface area contributed by atoms with Crippen LogP contribution in [0.2, 0.25) is 16.6 Å². The van der Waals surface area contributed by atoms with E-state index >= 15 is 0 Å². The predicted molar refractivity (Wildman–Crippen MR) is 140 cm³/mol. The van der Waals surface area contributed by atoms with E-state index in [4.69, 9.17) is 4.98 Å². The lowest BCUT2D eigenvalue weighted by molar-refractivity contribution is 0.838. The van der Waals surface area contributed by atoms with Gasteiger partial charge in [-0.25, -0.2) is 0 Å². The molecule has 166 valence electrons. The monoisotopic (exact) mass is 431 g/mol. The first kappa shape index (κ1) is 25.2. The molecule has 31 heavy (non-hydrogen) atoms. The van der Waals surface area contributed by atoms with Crippen molar-refractivity contribution in [2.45, 2.75) is 91.8 Å². The topological polar surface area (TPSA) is 12.9 Å². The highest BCUT2D eigenvalue weighted by Gasteiger charge is 2.41. The van der Waals surface area contributed by atoms with Gasteiger partial charge in [-0.3, -0.25) is 4.98 Å². The van der Waals surface area contributed by atoms with Crippen LogP contribution < -0.4 is 0 Å². The first-order valence-electron chi connectivity index (χ1n) is 11.8. The normalized spacial score (nSPS) is 11.8. The molecule has 1 heterocycles. The van der Waals surface area contributed by atoms with E-state index < -0.39 is 8.07 Å². The molecule has 0 fully saturated rings. The van der Waals surface area contributed by atoms with Gasteiger partial charge in [0.2, 0.25) is 0 Å². The Labute approximate surface area is 192 Å². The van der Waals surface area contributed by atoms with Crippen molar-refractivity contribution in [2.24, 2.45) is 0 Å². The SMILES string of the molecule is CC(C)=C(c1ccccn1)c1c(C#C[Si](C(C)C)(C(C)C)C(C)C)cccc1C(C)C. The molecule has 0 unspecified atom stereocenters. The molecule has 0 aliphatic heterocycles. The summed E-state index contributed by atoms with van der Waals surface area (Å²) < 4.78 is 0. The van der Waals surface area contributed by atoms with E-state index in [0.29, 0.717) is 22.5 Å². The molecule has 0 saturated carbocycles. The Hall–Kier alpha value is -2.11.